The Morgan fingerprint density at radius 2 is 1.90 bits per heavy atom. The van der Waals surface area contributed by atoms with Crippen LogP contribution in [0.1, 0.15) is 71.6 Å². The number of aromatic amines is 1. The van der Waals surface area contributed by atoms with E-state index in [9.17, 15) is 4.79 Å². The smallest absolute Gasteiger partial charge is 0.253 e. The molecule has 206 valence electrons. The number of tetrazole rings is 1. The molecule has 0 unspecified atom stereocenters. The van der Waals surface area contributed by atoms with Gasteiger partial charge in [-0.15, -0.1) is 5.10 Å². The predicted octanol–water partition coefficient (Wildman–Crippen LogP) is 5.64. The Labute approximate surface area is 232 Å². The van der Waals surface area contributed by atoms with Gasteiger partial charge in [-0.3, -0.25) is 9.69 Å². The third kappa shape index (κ3) is 5.16. The molecule has 1 N–H and O–H groups in total. The van der Waals surface area contributed by atoms with E-state index < -0.39 is 6.04 Å². The number of pyridine rings is 1. The number of rotatable bonds is 9. The van der Waals surface area contributed by atoms with Crippen molar-refractivity contribution < 1.29 is 9.15 Å². The van der Waals surface area contributed by atoms with E-state index in [1.54, 1.807) is 13.4 Å². The highest BCUT2D eigenvalue weighted by Crippen LogP contribution is 2.35. The average Bonchev–Trinajstić information content (AvgIpc) is 3.73. The second kappa shape index (κ2) is 11.1. The minimum absolute atomic E-state index is 0.149. The van der Waals surface area contributed by atoms with Crippen molar-refractivity contribution in [1.29, 1.82) is 0 Å². The van der Waals surface area contributed by atoms with Gasteiger partial charge in [-0.25, -0.2) is 4.68 Å². The fourth-order valence-electron chi connectivity index (χ4n) is 6.00. The van der Waals surface area contributed by atoms with Gasteiger partial charge in [0.05, 0.1) is 31.5 Å². The van der Waals surface area contributed by atoms with Crippen LogP contribution in [0.4, 0.5) is 0 Å². The molecule has 1 saturated carbocycles. The summed E-state index contributed by atoms with van der Waals surface area (Å²) in [7, 11) is 1.66. The second-order valence-corrected chi connectivity index (χ2v) is 10.8. The topological polar surface area (TPSA) is 102 Å². The Hall–Kier alpha value is -4.24. The molecule has 3 heterocycles. The maximum atomic E-state index is 13.9. The first-order chi connectivity index (χ1) is 19.5. The number of fused-ring (bicyclic) bond motifs is 1. The van der Waals surface area contributed by atoms with E-state index in [0.29, 0.717) is 24.5 Å². The lowest BCUT2D eigenvalue weighted by Crippen LogP contribution is -2.35. The van der Waals surface area contributed by atoms with Crippen LogP contribution in [0.2, 0.25) is 0 Å². The van der Waals surface area contributed by atoms with Crippen molar-refractivity contribution in [1.82, 2.24) is 30.1 Å². The van der Waals surface area contributed by atoms with Crippen LogP contribution in [0.3, 0.4) is 0 Å². The largest absolute Gasteiger partial charge is 0.497 e. The third-order valence-electron chi connectivity index (χ3n) is 7.90. The van der Waals surface area contributed by atoms with E-state index >= 15 is 0 Å². The zero-order valence-electron chi connectivity index (χ0n) is 23.1. The number of methoxy groups -OCH3 is 1. The van der Waals surface area contributed by atoms with Crippen LogP contribution in [-0.2, 0) is 13.1 Å². The van der Waals surface area contributed by atoms with Gasteiger partial charge >= 0.3 is 0 Å². The number of hydrogen-bond donors (Lipinski definition) is 1. The second-order valence-electron chi connectivity index (χ2n) is 10.8. The number of nitrogens with one attached hydrogen (secondary N) is 1. The maximum absolute atomic E-state index is 13.9. The third-order valence-corrected chi connectivity index (χ3v) is 7.90. The van der Waals surface area contributed by atoms with Crippen molar-refractivity contribution in [3.05, 3.63) is 105 Å². The molecular formula is C31H34N6O3. The average molecular weight is 539 g/mol. The number of H-pyrrole nitrogens is 1. The summed E-state index contributed by atoms with van der Waals surface area (Å²) in [6.07, 6.45) is 6.01. The highest BCUT2D eigenvalue weighted by molar-refractivity contribution is 5.83. The van der Waals surface area contributed by atoms with E-state index in [0.717, 1.165) is 64.8 Å². The summed E-state index contributed by atoms with van der Waals surface area (Å²) in [5.74, 6) is 2.25. The van der Waals surface area contributed by atoms with Crippen molar-refractivity contribution in [2.45, 2.75) is 64.7 Å². The molecule has 2 aromatic carbocycles. The number of furan rings is 1. The first kappa shape index (κ1) is 26.0. The standard InChI is InChI=1S/C31H34N6O3/c1-20-15-21(2)28-23(16-20)17-27(31(38)32-28)29(30-33-34-35-37(30)24-7-4-5-8-24)36(19-26-9-6-14-40-26)18-22-10-12-25(39-3)13-11-22/h6,9-17,24,29H,4-5,7-8,18-19H2,1-3H3,(H,32,38)/t29-/m0/s1. The van der Waals surface area contributed by atoms with E-state index in [1.807, 2.05) is 54.1 Å². The summed E-state index contributed by atoms with van der Waals surface area (Å²) in [6, 6.07) is 17.7. The quantitative estimate of drug-likeness (QED) is 0.259. The Morgan fingerprint density at radius 1 is 1.10 bits per heavy atom. The van der Waals surface area contributed by atoms with Gasteiger partial charge in [0.25, 0.3) is 5.56 Å². The number of hydrogen-bond acceptors (Lipinski definition) is 7. The van der Waals surface area contributed by atoms with Crippen molar-refractivity contribution in [2.75, 3.05) is 7.11 Å². The molecule has 0 aliphatic heterocycles. The molecule has 1 aliphatic carbocycles. The molecule has 1 fully saturated rings. The van der Waals surface area contributed by atoms with Crippen molar-refractivity contribution in [2.24, 2.45) is 0 Å². The van der Waals surface area contributed by atoms with Crippen molar-refractivity contribution in [3.63, 3.8) is 0 Å². The zero-order chi connectivity index (χ0) is 27.6. The fraction of sp³-hybridized carbons (Fsp3) is 0.355. The van der Waals surface area contributed by atoms with Crippen LogP contribution < -0.4 is 10.3 Å². The number of aryl methyl sites for hydroxylation is 2. The molecule has 0 spiro atoms. The summed E-state index contributed by atoms with van der Waals surface area (Å²) >= 11 is 0. The van der Waals surface area contributed by atoms with Crippen LogP contribution in [-0.4, -0.2) is 37.2 Å². The van der Waals surface area contributed by atoms with E-state index in [4.69, 9.17) is 9.15 Å². The van der Waals surface area contributed by atoms with Gasteiger partial charge in [-0.05, 0) is 90.0 Å². The number of nitrogens with zero attached hydrogens (tertiary/aromatic N) is 5. The summed E-state index contributed by atoms with van der Waals surface area (Å²) < 4.78 is 13.1. The van der Waals surface area contributed by atoms with Crippen LogP contribution in [0.15, 0.2) is 70.1 Å². The summed E-state index contributed by atoms with van der Waals surface area (Å²) in [4.78, 5) is 19.3. The van der Waals surface area contributed by atoms with E-state index in [-0.39, 0.29) is 11.6 Å². The first-order valence-electron chi connectivity index (χ1n) is 13.8. The lowest BCUT2D eigenvalue weighted by molar-refractivity contribution is 0.176. The molecule has 0 saturated heterocycles. The highest BCUT2D eigenvalue weighted by atomic mass is 16.5. The molecule has 1 aliphatic rings. The summed E-state index contributed by atoms with van der Waals surface area (Å²) in [5, 5.41) is 14.1. The molecule has 9 heteroatoms. The Balaban J connectivity index is 1.53. The van der Waals surface area contributed by atoms with Crippen LogP contribution >= 0.6 is 0 Å². The molecule has 40 heavy (non-hydrogen) atoms. The minimum Gasteiger partial charge on any atom is -0.497 e. The van der Waals surface area contributed by atoms with Gasteiger partial charge < -0.3 is 14.1 Å². The molecular weight excluding hydrogens is 504 g/mol. The molecule has 0 radical (unpaired) electrons. The van der Waals surface area contributed by atoms with Crippen LogP contribution in [0.5, 0.6) is 5.75 Å². The van der Waals surface area contributed by atoms with Gasteiger partial charge in [0.1, 0.15) is 17.6 Å². The van der Waals surface area contributed by atoms with E-state index in [2.05, 4.69) is 44.5 Å². The number of benzene rings is 2. The zero-order valence-corrected chi connectivity index (χ0v) is 23.1. The molecule has 1 atom stereocenters. The lowest BCUT2D eigenvalue weighted by atomic mass is 9.99. The predicted molar refractivity (Wildman–Crippen MR) is 152 cm³/mol. The van der Waals surface area contributed by atoms with Crippen molar-refractivity contribution in [3.8, 4) is 5.75 Å². The molecule has 6 rings (SSSR count). The molecule has 5 aromatic rings. The highest BCUT2D eigenvalue weighted by Gasteiger charge is 2.34. The maximum Gasteiger partial charge on any atom is 0.253 e. The van der Waals surface area contributed by atoms with Crippen LogP contribution in [0.25, 0.3) is 10.9 Å². The minimum atomic E-state index is -0.517. The normalized spacial score (nSPS) is 14.8. The van der Waals surface area contributed by atoms with Crippen molar-refractivity contribution >= 4 is 10.9 Å². The summed E-state index contributed by atoms with van der Waals surface area (Å²) in [6.45, 7) is 5.10. The molecule has 0 amide bonds. The molecule has 9 nitrogen and oxygen atoms in total. The SMILES string of the molecule is COc1ccc(CN(Cc2ccco2)[C@@H](c2cc3cc(C)cc(C)c3[nH]c2=O)c2nnnn2C2CCCC2)cc1. The lowest BCUT2D eigenvalue weighted by Gasteiger charge is -2.31. The molecule has 0 bridgehead atoms. The van der Waals surface area contributed by atoms with Gasteiger partial charge in [-0.1, -0.05) is 36.6 Å². The van der Waals surface area contributed by atoms with Gasteiger partial charge in [0, 0.05) is 12.1 Å². The Morgan fingerprint density at radius 3 is 2.62 bits per heavy atom. The monoisotopic (exact) mass is 538 g/mol. The Kier molecular flexibility index (Phi) is 7.21. The van der Waals surface area contributed by atoms with Gasteiger partial charge in [-0.2, -0.15) is 0 Å². The molecule has 3 aromatic heterocycles. The van der Waals surface area contributed by atoms with Gasteiger partial charge in [0.15, 0.2) is 5.82 Å². The summed E-state index contributed by atoms with van der Waals surface area (Å²) in [5.41, 5.74) is 4.55. The number of ether oxygens (including phenoxy) is 1. The first-order valence-corrected chi connectivity index (χ1v) is 13.8. The number of aromatic nitrogens is 5. The van der Waals surface area contributed by atoms with Gasteiger partial charge in [0.2, 0.25) is 0 Å². The fourth-order valence-corrected chi connectivity index (χ4v) is 6.00. The van der Waals surface area contributed by atoms with E-state index in [1.165, 1.54) is 0 Å². The Bertz CT molecular complexity index is 1650. The van der Waals surface area contributed by atoms with Crippen LogP contribution in [0, 0.1) is 13.8 Å².